The third-order valence-electron chi connectivity index (χ3n) is 14.7. The van der Waals surface area contributed by atoms with Gasteiger partial charge >= 0.3 is 17.9 Å². The fourth-order valence-corrected chi connectivity index (χ4v) is 9.62. The van der Waals surface area contributed by atoms with E-state index in [2.05, 4.69) is 67.5 Å². The molecule has 0 radical (unpaired) electrons. The van der Waals surface area contributed by atoms with E-state index in [0.717, 1.165) is 102 Å². The monoisotopic (exact) mass is 1090 g/mol. The van der Waals surface area contributed by atoms with Gasteiger partial charge in [-0.3, -0.25) is 24.2 Å². The van der Waals surface area contributed by atoms with Crippen LogP contribution in [0, 0.1) is 0 Å². The lowest BCUT2D eigenvalue weighted by Crippen LogP contribution is -2.59. The predicted molar refractivity (Wildman–Crippen MR) is 327 cm³/mol. The summed E-state index contributed by atoms with van der Waals surface area (Å²) in [5.74, 6) is -1.49. The summed E-state index contributed by atoms with van der Waals surface area (Å²) in [5.41, 5.74) is -0.560. The zero-order chi connectivity index (χ0) is 56.5. The molecule has 0 bridgehead atoms. The van der Waals surface area contributed by atoms with Crippen LogP contribution in [0.25, 0.3) is 0 Å². The van der Waals surface area contributed by atoms with E-state index in [1.54, 1.807) is 6.20 Å². The van der Waals surface area contributed by atoms with Gasteiger partial charge in [-0.2, -0.15) is 0 Å². The minimum Gasteiger partial charge on any atom is -0.463 e. The molecule has 10 nitrogen and oxygen atoms in total. The fourth-order valence-electron chi connectivity index (χ4n) is 9.62. The summed E-state index contributed by atoms with van der Waals surface area (Å²) < 4.78 is 17.7. The third kappa shape index (κ3) is 48.1. The second-order valence-electron chi connectivity index (χ2n) is 22.6. The molecule has 1 rings (SSSR count). The van der Waals surface area contributed by atoms with Gasteiger partial charge in [-0.25, -0.2) is 0 Å². The van der Waals surface area contributed by atoms with E-state index in [9.17, 15) is 19.2 Å². The van der Waals surface area contributed by atoms with E-state index < -0.39 is 5.54 Å². The highest BCUT2D eigenvalue weighted by Gasteiger charge is 2.37. The largest absolute Gasteiger partial charge is 0.463 e. The zero-order valence-electron chi connectivity index (χ0n) is 51.0. The Bertz CT molecular complexity index is 1490. The number of unbranched alkanes of at least 4 members (excludes halogenated alkanes) is 33. The number of nitrogens with one attached hydrogen (secondary N) is 1. The number of hydrogen-bond acceptors (Lipinski definition) is 9. The van der Waals surface area contributed by atoms with Gasteiger partial charge in [0, 0.05) is 45.0 Å². The molecule has 0 fully saturated rings. The summed E-state index contributed by atoms with van der Waals surface area (Å²) in [4.78, 5) is 60.3. The van der Waals surface area contributed by atoms with E-state index in [0.29, 0.717) is 32.4 Å². The minimum absolute atomic E-state index is 0.125. The molecule has 0 aliphatic rings. The molecule has 0 aliphatic carbocycles. The maximum Gasteiger partial charge on any atom is 0.305 e. The molecule has 1 aromatic rings. The lowest BCUT2D eigenvalue weighted by molar-refractivity contribution is -0.159. The average molecular weight is 1090 g/mol. The van der Waals surface area contributed by atoms with E-state index in [-0.39, 0.29) is 69.3 Å². The van der Waals surface area contributed by atoms with Gasteiger partial charge in [0.15, 0.2) is 0 Å². The molecule has 448 valence electrons. The van der Waals surface area contributed by atoms with Crippen molar-refractivity contribution in [3.63, 3.8) is 0 Å². The highest BCUT2D eigenvalue weighted by atomic mass is 16.6. The first-order valence-electron chi connectivity index (χ1n) is 32.5. The Labute approximate surface area is 479 Å². The van der Waals surface area contributed by atoms with E-state index in [1.165, 1.54) is 135 Å². The van der Waals surface area contributed by atoms with Crippen LogP contribution in [-0.2, 0) is 39.9 Å². The maximum absolute atomic E-state index is 13.8. The van der Waals surface area contributed by atoms with Crippen molar-refractivity contribution >= 4 is 23.8 Å². The Kier molecular flexibility index (Phi) is 51.1. The van der Waals surface area contributed by atoms with Crippen molar-refractivity contribution in [3.8, 4) is 0 Å². The lowest BCUT2D eigenvalue weighted by atomic mass is 10.0. The maximum atomic E-state index is 13.8. The van der Waals surface area contributed by atoms with Crippen molar-refractivity contribution in [2.75, 3.05) is 33.4 Å². The Morgan fingerprint density at radius 3 is 1.05 bits per heavy atom. The highest BCUT2D eigenvalue weighted by molar-refractivity contribution is 5.77. The SMILES string of the molecule is CCCCCCCC/C=C\CCCCCCCC(=O)OCC(COC(=O)CCCCCCC/C=C\CCCCCCCC)(COC(=O)CCCCCCC/C=C\CCCCCCCC)NC(=O)CCN(C)Cc1ccccn1. The number of carbonyl (C=O) groups excluding carboxylic acids is 4. The van der Waals surface area contributed by atoms with Gasteiger partial charge in [-0.05, 0) is 115 Å². The molecular weight excluding hydrogens is 971 g/mol. The zero-order valence-corrected chi connectivity index (χ0v) is 51.0. The molecule has 0 saturated carbocycles. The van der Waals surface area contributed by atoms with E-state index in [4.69, 9.17) is 14.2 Å². The molecule has 1 heterocycles. The summed E-state index contributed by atoms with van der Waals surface area (Å²) >= 11 is 0. The van der Waals surface area contributed by atoms with Crippen molar-refractivity contribution < 1.29 is 33.4 Å². The van der Waals surface area contributed by atoms with Crippen LogP contribution in [0.1, 0.15) is 303 Å². The molecule has 0 atom stereocenters. The smallest absolute Gasteiger partial charge is 0.305 e. The molecule has 1 N–H and O–H groups in total. The van der Waals surface area contributed by atoms with Crippen LogP contribution in [-0.4, -0.2) is 72.7 Å². The number of aromatic nitrogens is 1. The van der Waals surface area contributed by atoms with Gasteiger partial charge in [0.05, 0.1) is 5.69 Å². The molecule has 0 unspecified atom stereocenters. The normalized spacial score (nSPS) is 11.9. The molecule has 0 aromatic carbocycles. The number of hydrogen-bond donors (Lipinski definition) is 1. The molecule has 78 heavy (non-hydrogen) atoms. The van der Waals surface area contributed by atoms with Gasteiger partial charge in [0.2, 0.25) is 5.91 Å². The predicted octanol–water partition coefficient (Wildman–Crippen LogP) is 18.5. The van der Waals surface area contributed by atoms with E-state index in [1.807, 2.05) is 30.1 Å². The summed E-state index contributed by atoms with van der Waals surface area (Å²) in [7, 11) is 1.93. The van der Waals surface area contributed by atoms with Gasteiger partial charge in [0.25, 0.3) is 0 Å². The van der Waals surface area contributed by atoms with Crippen LogP contribution in [0.2, 0.25) is 0 Å². The first kappa shape index (κ1) is 72.2. The first-order valence-corrected chi connectivity index (χ1v) is 32.5. The number of allylic oxidation sites excluding steroid dienone is 6. The Hall–Kier alpha value is -3.79. The van der Waals surface area contributed by atoms with Crippen molar-refractivity contribution in [2.24, 2.45) is 0 Å². The fraction of sp³-hybridized carbons (Fsp3) is 0.779. The second-order valence-corrected chi connectivity index (χ2v) is 22.6. The van der Waals surface area contributed by atoms with Crippen LogP contribution in [0.15, 0.2) is 60.9 Å². The van der Waals surface area contributed by atoms with Crippen molar-refractivity contribution in [1.82, 2.24) is 15.2 Å². The molecule has 0 spiro atoms. The van der Waals surface area contributed by atoms with Crippen LogP contribution in [0.5, 0.6) is 0 Å². The number of carbonyl (C=O) groups is 4. The lowest BCUT2D eigenvalue weighted by Gasteiger charge is -2.33. The molecule has 10 heteroatoms. The molecule has 1 aromatic heterocycles. The molecule has 0 saturated heterocycles. The molecule has 1 amide bonds. The van der Waals surface area contributed by atoms with Crippen molar-refractivity contribution in [1.29, 1.82) is 0 Å². The van der Waals surface area contributed by atoms with E-state index >= 15 is 0 Å². The average Bonchev–Trinajstić information content (AvgIpc) is 3.44. The Morgan fingerprint density at radius 1 is 0.436 bits per heavy atom. The van der Waals surface area contributed by atoms with Crippen LogP contribution in [0.4, 0.5) is 0 Å². The second kappa shape index (κ2) is 55.1. The standard InChI is InChI=1S/C68H119N3O7/c1-5-8-11-14-17-20-23-26-29-32-35-38-41-44-47-53-65(73)76-60-68(70-64(72)56-58-71(4)59-63-52-50-51-57-69-63,61-77-66(74)54-48-45-42-39-36-33-30-27-24-21-18-15-12-9-6-2)62-78-67(75)55-49-46-43-40-37-34-31-28-25-22-19-16-13-10-7-3/h26-31,50-52,57H,5-25,32-49,53-56,58-62H2,1-4H3,(H,70,72)/b29-26-,30-27-,31-28-. The molecular formula is C68H119N3O7. The van der Waals surface area contributed by atoms with Crippen molar-refractivity contribution in [3.05, 3.63) is 66.5 Å². The number of amides is 1. The third-order valence-corrected chi connectivity index (χ3v) is 14.7. The number of ether oxygens (including phenoxy) is 3. The summed E-state index contributed by atoms with van der Waals surface area (Å²) in [6.07, 6.45) is 62.0. The molecule has 0 aliphatic heterocycles. The topological polar surface area (TPSA) is 124 Å². The Morgan fingerprint density at radius 2 is 0.744 bits per heavy atom. The van der Waals surface area contributed by atoms with Crippen LogP contribution >= 0.6 is 0 Å². The van der Waals surface area contributed by atoms with Gasteiger partial charge in [-0.15, -0.1) is 0 Å². The quantitative estimate of drug-likeness (QED) is 0.0294. The summed E-state index contributed by atoms with van der Waals surface area (Å²) in [6.45, 7) is 6.91. The number of pyridine rings is 1. The number of nitrogens with zero attached hydrogens (tertiary/aromatic N) is 2. The first-order chi connectivity index (χ1) is 38.2. The highest BCUT2D eigenvalue weighted by Crippen LogP contribution is 2.18. The van der Waals surface area contributed by atoms with Crippen molar-refractivity contribution in [2.45, 2.75) is 309 Å². The van der Waals surface area contributed by atoms with Crippen LogP contribution in [0.3, 0.4) is 0 Å². The summed E-state index contributed by atoms with van der Waals surface area (Å²) in [5, 5.41) is 3.05. The van der Waals surface area contributed by atoms with Gasteiger partial charge < -0.3 is 24.4 Å². The minimum atomic E-state index is -1.45. The van der Waals surface area contributed by atoms with Gasteiger partial charge in [-0.1, -0.05) is 217 Å². The van der Waals surface area contributed by atoms with Gasteiger partial charge in [0.1, 0.15) is 25.4 Å². The Balaban J connectivity index is 2.85. The summed E-state index contributed by atoms with van der Waals surface area (Å²) in [6, 6.07) is 5.76. The van der Waals surface area contributed by atoms with Crippen LogP contribution < -0.4 is 5.32 Å². The number of rotatable bonds is 57. The number of esters is 3.